The summed E-state index contributed by atoms with van der Waals surface area (Å²) in [5.41, 5.74) is 5.43. The van der Waals surface area contributed by atoms with Crippen molar-refractivity contribution in [1.29, 1.82) is 0 Å². The Morgan fingerprint density at radius 2 is 1.87 bits per heavy atom. The largest absolute Gasteiger partial charge is 0.311 e. The second kappa shape index (κ2) is 8.13. The van der Waals surface area contributed by atoms with Gasteiger partial charge < -0.3 is 4.90 Å². The van der Waals surface area contributed by atoms with Crippen molar-refractivity contribution in [3.63, 3.8) is 0 Å². The van der Waals surface area contributed by atoms with Gasteiger partial charge in [-0.25, -0.2) is 13.8 Å². The molecule has 1 atom stereocenters. The summed E-state index contributed by atoms with van der Waals surface area (Å²) in [7, 11) is 0. The van der Waals surface area contributed by atoms with E-state index in [0.29, 0.717) is 23.5 Å². The van der Waals surface area contributed by atoms with Crippen LogP contribution in [-0.4, -0.2) is 27.9 Å². The smallest absolute Gasteiger partial charge is 0.262 e. The van der Waals surface area contributed by atoms with Crippen LogP contribution in [0, 0.1) is 17.6 Å². The fourth-order valence-electron chi connectivity index (χ4n) is 3.60. The maximum atomic E-state index is 13.5. The Bertz CT molecular complexity index is 1220. The fraction of sp³-hybridized carbons (Fsp3) is 0.238. The van der Waals surface area contributed by atoms with Gasteiger partial charge in [0, 0.05) is 31.3 Å². The molecule has 1 fully saturated rings. The van der Waals surface area contributed by atoms with Gasteiger partial charge in [0.25, 0.3) is 5.56 Å². The zero-order valence-corrected chi connectivity index (χ0v) is 16.6. The van der Waals surface area contributed by atoms with Gasteiger partial charge >= 0.3 is 0 Å². The van der Waals surface area contributed by atoms with Gasteiger partial charge in [0.15, 0.2) is 0 Å². The SMILES string of the molecule is CCn1c(NNC(=O)C2CC(=O)N(c3cc(F)cc(F)c3)C2)nc2ccccc2c1=O. The lowest BCUT2D eigenvalue weighted by Crippen LogP contribution is -2.39. The summed E-state index contributed by atoms with van der Waals surface area (Å²) < 4.78 is 28.4. The number of amides is 2. The Hall–Kier alpha value is -3.82. The lowest BCUT2D eigenvalue weighted by Gasteiger charge is -2.18. The summed E-state index contributed by atoms with van der Waals surface area (Å²) in [4.78, 5) is 43.1. The highest BCUT2D eigenvalue weighted by Crippen LogP contribution is 2.26. The molecule has 0 aliphatic carbocycles. The monoisotopic (exact) mass is 427 g/mol. The van der Waals surface area contributed by atoms with Gasteiger partial charge in [0.2, 0.25) is 17.8 Å². The average Bonchev–Trinajstić information content (AvgIpc) is 3.13. The molecule has 31 heavy (non-hydrogen) atoms. The number of fused-ring (bicyclic) bond motifs is 1. The highest BCUT2D eigenvalue weighted by Gasteiger charge is 2.35. The molecule has 10 heteroatoms. The zero-order valence-electron chi connectivity index (χ0n) is 16.6. The summed E-state index contributed by atoms with van der Waals surface area (Å²) in [6.45, 7) is 2.08. The van der Waals surface area contributed by atoms with E-state index in [2.05, 4.69) is 15.8 Å². The number of rotatable bonds is 5. The predicted octanol–water partition coefficient (Wildman–Crippen LogP) is 2.19. The van der Waals surface area contributed by atoms with Crippen molar-refractivity contribution in [2.24, 2.45) is 5.92 Å². The maximum Gasteiger partial charge on any atom is 0.262 e. The third-order valence-electron chi connectivity index (χ3n) is 5.13. The molecule has 1 aliphatic heterocycles. The molecule has 4 rings (SSSR count). The van der Waals surface area contributed by atoms with Crippen molar-refractivity contribution < 1.29 is 18.4 Å². The standard InChI is InChI=1S/C21H19F2N5O3/c1-2-27-20(31)16-5-3-4-6-17(16)24-21(27)26-25-19(30)12-7-18(29)28(11-12)15-9-13(22)8-14(23)10-15/h3-6,8-10,12H,2,7,11H2,1H3,(H,24,26)(H,25,30). The number of benzene rings is 2. The molecule has 0 radical (unpaired) electrons. The lowest BCUT2D eigenvalue weighted by molar-refractivity contribution is -0.125. The Labute approximate surface area is 175 Å². The number of hydrogen-bond donors (Lipinski definition) is 2. The minimum atomic E-state index is -0.808. The van der Waals surface area contributed by atoms with E-state index in [1.807, 2.05) is 0 Å². The molecule has 3 aromatic rings. The first kappa shape index (κ1) is 20.5. The number of anilines is 2. The Morgan fingerprint density at radius 3 is 2.58 bits per heavy atom. The zero-order chi connectivity index (χ0) is 22.1. The first-order valence-electron chi connectivity index (χ1n) is 9.69. The highest BCUT2D eigenvalue weighted by atomic mass is 19.1. The number of carbonyl (C=O) groups is 2. The number of carbonyl (C=O) groups excluding carboxylic acids is 2. The molecular formula is C21H19F2N5O3. The second-order valence-corrected chi connectivity index (χ2v) is 7.15. The summed E-state index contributed by atoms with van der Waals surface area (Å²) in [6, 6.07) is 9.65. The maximum absolute atomic E-state index is 13.5. The van der Waals surface area contributed by atoms with E-state index in [-0.39, 0.29) is 30.2 Å². The van der Waals surface area contributed by atoms with Crippen molar-refractivity contribution >= 4 is 34.4 Å². The normalized spacial score (nSPS) is 16.0. The fourth-order valence-corrected chi connectivity index (χ4v) is 3.60. The third kappa shape index (κ3) is 3.96. The van der Waals surface area contributed by atoms with E-state index in [1.54, 1.807) is 31.2 Å². The van der Waals surface area contributed by atoms with E-state index < -0.39 is 29.4 Å². The molecule has 1 aromatic heterocycles. The van der Waals surface area contributed by atoms with Crippen molar-refractivity contribution in [2.45, 2.75) is 19.9 Å². The molecule has 2 heterocycles. The van der Waals surface area contributed by atoms with Crippen molar-refractivity contribution in [2.75, 3.05) is 16.9 Å². The first-order valence-corrected chi connectivity index (χ1v) is 9.69. The molecule has 1 unspecified atom stereocenters. The van der Waals surface area contributed by atoms with Gasteiger partial charge in [-0.05, 0) is 31.2 Å². The highest BCUT2D eigenvalue weighted by molar-refractivity contribution is 6.00. The summed E-state index contributed by atoms with van der Waals surface area (Å²) in [6.07, 6.45) is -0.114. The van der Waals surface area contributed by atoms with Crippen LogP contribution in [0.5, 0.6) is 0 Å². The summed E-state index contributed by atoms with van der Waals surface area (Å²) in [5, 5.41) is 0.459. The number of nitrogens with zero attached hydrogens (tertiary/aromatic N) is 3. The number of aromatic nitrogens is 2. The minimum absolute atomic E-state index is 0.0268. The molecule has 2 amide bonds. The third-order valence-corrected chi connectivity index (χ3v) is 5.13. The van der Waals surface area contributed by atoms with Crippen molar-refractivity contribution in [1.82, 2.24) is 15.0 Å². The van der Waals surface area contributed by atoms with Gasteiger partial charge in [0.1, 0.15) is 11.6 Å². The van der Waals surface area contributed by atoms with E-state index in [9.17, 15) is 23.2 Å². The van der Waals surface area contributed by atoms with Crippen LogP contribution in [0.3, 0.4) is 0 Å². The predicted molar refractivity (Wildman–Crippen MR) is 110 cm³/mol. The summed E-state index contributed by atoms with van der Waals surface area (Å²) >= 11 is 0. The molecule has 160 valence electrons. The molecule has 0 spiro atoms. The van der Waals surface area contributed by atoms with Crippen LogP contribution in [0.1, 0.15) is 13.3 Å². The van der Waals surface area contributed by atoms with E-state index in [4.69, 9.17) is 0 Å². The van der Waals surface area contributed by atoms with Gasteiger partial charge in [-0.1, -0.05) is 12.1 Å². The van der Waals surface area contributed by atoms with E-state index in [1.165, 1.54) is 9.47 Å². The molecule has 1 saturated heterocycles. The van der Waals surface area contributed by atoms with Crippen LogP contribution in [0.2, 0.25) is 0 Å². The van der Waals surface area contributed by atoms with Gasteiger partial charge in [-0.15, -0.1) is 0 Å². The molecule has 1 aliphatic rings. The summed E-state index contributed by atoms with van der Waals surface area (Å²) in [5.74, 6) is -3.12. The van der Waals surface area contributed by atoms with Crippen LogP contribution >= 0.6 is 0 Å². The van der Waals surface area contributed by atoms with Crippen LogP contribution < -0.4 is 21.3 Å². The Morgan fingerprint density at radius 1 is 1.16 bits per heavy atom. The number of hydrogen-bond acceptors (Lipinski definition) is 5. The molecule has 2 N–H and O–H groups in total. The molecular weight excluding hydrogens is 408 g/mol. The van der Waals surface area contributed by atoms with E-state index >= 15 is 0 Å². The Kier molecular flexibility index (Phi) is 5.37. The number of halogens is 2. The van der Waals surface area contributed by atoms with Crippen LogP contribution in [0.25, 0.3) is 10.9 Å². The Balaban J connectivity index is 1.49. The van der Waals surface area contributed by atoms with Gasteiger partial charge in [0.05, 0.1) is 16.8 Å². The first-order chi connectivity index (χ1) is 14.9. The molecule has 0 bridgehead atoms. The van der Waals surface area contributed by atoms with E-state index in [0.717, 1.165) is 12.1 Å². The topological polar surface area (TPSA) is 96.3 Å². The molecule has 8 nitrogen and oxygen atoms in total. The molecule has 0 saturated carbocycles. The van der Waals surface area contributed by atoms with Gasteiger partial charge in [-0.3, -0.25) is 29.8 Å². The van der Waals surface area contributed by atoms with Crippen LogP contribution in [0.15, 0.2) is 47.3 Å². The van der Waals surface area contributed by atoms with Gasteiger partial charge in [-0.2, -0.15) is 0 Å². The lowest BCUT2D eigenvalue weighted by atomic mass is 10.1. The number of para-hydroxylation sites is 1. The second-order valence-electron chi connectivity index (χ2n) is 7.15. The minimum Gasteiger partial charge on any atom is -0.311 e. The van der Waals surface area contributed by atoms with Crippen LogP contribution in [-0.2, 0) is 16.1 Å². The van der Waals surface area contributed by atoms with Crippen molar-refractivity contribution in [3.05, 3.63) is 64.5 Å². The quantitative estimate of drug-likeness (QED) is 0.609. The molecule has 2 aromatic carbocycles. The van der Waals surface area contributed by atoms with Crippen molar-refractivity contribution in [3.8, 4) is 0 Å². The number of nitrogens with one attached hydrogen (secondary N) is 2. The van der Waals surface area contributed by atoms with Crippen LogP contribution in [0.4, 0.5) is 20.4 Å². The number of hydrazine groups is 1. The average molecular weight is 427 g/mol.